The molecule has 0 aliphatic heterocycles. The van der Waals surface area contributed by atoms with Crippen molar-refractivity contribution in [2.45, 2.75) is 13.0 Å². The lowest BCUT2D eigenvalue weighted by atomic mass is 9.97. The first-order valence-electron chi connectivity index (χ1n) is 7.92. The monoisotopic (exact) mass is 369 g/mol. The normalized spacial score (nSPS) is 11.8. The summed E-state index contributed by atoms with van der Waals surface area (Å²) in [5, 5.41) is 3.91. The summed E-state index contributed by atoms with van der Waals surface area (Å²) >= 11 is 12.1. The maximum atomic E-state index is 12.8. The van der Waals surface area contributed by atoms with Gasteiger partial charge in [0.05, 0.1) is 16.6 Å². The molecular weight excluding hydrogens is 353 g/mol. The lowest BCUT2D eigenvalue weighted by Crippen LogP contribution is -2.29. The van der Waals surface area contributed by atoms with Crippen LogP contribution in [-0.2, 0) is 0 Å². The van der Waals surface area contributed by atoms with Crippen LogP contribution in [-0.4, -0.2) is 5.91 Å². The van der Waals surface area contributed by atoms with Gasteiger partial charge >= 0.3 is 0 Å². The van der Waals surface area contributed by atoms with Crippen LogP contribution in [0.4, 0.5) is 0 Å². The molecule has 0 unspecified atom stereocenters. The molecule has 3 aromatic rings. The lowest BCUT2D eigenvalue weighted by molar-refractivity contribution is 0.0943. The molecule has 0 aliphatic rings. The molecule has 0 saturated carbocycles. The third-order valence-corrected chi connectivity index (χ3v) is 4.54. The van der Waals surface area contributed by atoms with E-state index in [2.05, 4.69) is 5.32 Å². The van der Waals surface area contributed by atoms with E-state index >= 15 is 0 Å². The van der Waals surface area contributed by atoms with Gasteiger partial charge in [0.15, 0.2) is 0 Å². The third kappa shape index (κ3) is 4.22. The molecule has 0 aromatic heterocycles. The molecule has 2 nitrogen and oxygen atoms in total. The highest BCUT2D eigenvalue weighted by Crippen LogP contribution is 2.25. The molecule has 1 N–H and O–H groups in total. The van der Waals surface area contributed by atoms with Gasteiger partial charge in [-0.25, -0.2) is 0 Å². The lowest BCUT2D eigenvalue weighted by Gasteiger charge is -2.20. The molecule has 3 aromatic carbocycles. The van der Waals surface area contributed by atoms with Crippen molar-refractivity contribution in [3.8, 4) is 0 Å². The summed E-state index contributed by atoms with van der Waals surface area (Å²) in [4.78, 5) is 12.8. The number of carbonyl (C=O) groups is 1. The number of hydrogen-bond acceptors (Lipinski definition) is 1. The quantitative estimate of drug-likeness (QED) is 0.616. The Balaban J connectivity index is 1.95. The molecular formula is C21H17Cl2NO. The Morgan fingerprint density at radius 2 is 1.52 bits per heavy atom. The van der Waals surface area contributed by atoms with E-state index in [1.54, 1.807) is 18.2 Å². The zero-order valence-corrected chi connectivity index (χ0v) is 15.2. The predicted octanol–water partition coefficient (Wildman–Crippen LogP) is 5.82. The topological polar surface area (TPSA) is 29.1 Å². The van der Waals surface area contributed by atoms with Crippen LogP contribution < -0.4 is 5.32 Å². The first kappa shape index (κ1) is 17.5. The van der Waals surface area contributed by atoms with Crippen LogP contribution in [0, 0.1) is 6.92 Å². The van der Waals surface area contributed by atoms with Gasteiger partial charge in [-0.2, -0.15) is 0 Å². The van der Waals surface area contributed by atoms with Crippen molar-refractivity contribution in [1.29, 1.82) is 0 Å². The Morgan fingerprint density at radius 3 is 2.16 bits per heavy atom. The van der Waals surface area contributed by atoms with Crippen LogP contribution in [0.2, 0.25) is 10.0 Å². The average Bonchev–Trinajstić information content (AvgIpc) is 2.61. The molecule has 126 valence electrons. The summed E-state index contributed by atoms with van der Waals surface area (Å²) in [7, 11) is 0. The molecule has 3 rings (SSSR count). The highest BCUT2D eigenvalue weighted by molar-refractivity contribution is 6.36. The first-order chi connectivity index (χ1) is 12.0. The van der Waals surface area contributed by atoms with E-state index in [1.807, 2.05) is 61.5 Å². The van der Waals surface area contributed by atoms with Gasteiger partial charge in [-0.05, 0) is 36.2 Å². The fraction of sp³-hybridized carbons (Fsp3) is 0.0952. The highest BCUT2D eigenvalue weighted by atomic mass is 35.5. The summed E-state index contributed by atoms with van der Waals surface area (Å²) in [5.74, 6) is -0.240. The Kier molecular flexibility index (Phi) is 5.42. The Bertz CT molecular complexity index is 876. The number of benzene rings is 3. The molecule has 0 spiro atoms. The second-order valence-corrected chi connectivity index (χ2v) is 6.70. The van der Waals surface area contributed by atoms with Gasteiger partial charge in [-0.3, -0.25) is 4.79 Å². The predicted molar refractivity (Wildman–Crippen MR) is 103 cm³/mol. The van der Waals surface area contributed by atoms with E-state index < -0.39 is 0 Å². The third-order valence-electron chi connectivity index (χ3n) is 3.99. The zero-order chi connectivity index (χ0) is 17.8. The van der Waals surface area contributed by atoms with Crippen LogP contribution in [0.1, 0.15) is 33.1 Å². The maximum Gasteiger partial charge on any atom is 0.253 e. The Morgan fingerprint density at radius 1 is 0.880 bits per heavy atom. The van der Waals surface area contributed by atoms with Gasteiger partial charge in [-0.15, -0.1) is 0 Å². The van der Waals surface area contributed by atoms with Crippen molar-refractivity contribution < 1.29 is 4.79 Å². The second-order valence-electron chi connectivity index (χ2n) is 5.85. The number of aryl methyl sites for hydroxylation is 1. The first-order valence-corrected chi connectivity index (χ1v) is 8.67. The fourth-order valence-corrected chi connectivity index (χ4v) is 3.14. The van der Waals surface area contributed by atoms with E-state index in [-0.39, 0.29) is 11.9 Å². The number of carbonyl (C=O) groups excluding carboxylic acids is 1. The highest BCUT2D eigenvalue weighted by Gasteiger charge is 2.19. The number of amides is 1. The van der Waals surface area contributed by atoms with E-state index in [4.69, 9.17) is 23.2 Å². The number of hydrogen-bond donors (Lipinski definition) is 1. The van der Waals surface area contributed by atoms with Gasteiger partial charge in [0, 0.05) is 5.02 Å². The summed E-state index contributed by atoms with van der Waals surface area (Å²) in [6, 6.07) is 22.6. The Labute approximate surface area is 157 Å². The van der Waals surface area contributed by atoms with Crippen molar-refractivity contribution in [2.24, 2.45) is 0 Å². The number of nitrogens with one attached hydrogen (secondary N) is 1. The van der Waals surface area contributed by atoms with Crippen molar-refractivity contribution in [3.05, 3.63) is 105 Å². The smallest absolute Gasteiger partial charge is 0.253 e. The number of rotatable bonds is 4. The van der Waals surface area contributed by atoms with Gasteiger partial charge < -0.3 is 5.32 Å². The minimum atomic E-state index is -0.263. The SMILES string of the molecule is Cc1ccc([C@@H](NC(=O)c2ccc(Cl)cc2Cl)c2ccccc2)cc1. The van der Waals surface area contributed by atoms with Gasteiger partial charge in [0.25, 0.3) is 5.91 Å². The Hall–Kier alpha value is -2.29. The molecule has 0 saturated heterocycles. The fourth-order valence-electron chi connectivity index (χ4n) is 2.65. The zero-order valence-electron chi connectivity index (χ0n) is 13.7. The molecule has 0 heterocycles. The summed E-state index contributed by atoms with van der Waals surface area (Å²) in [6.45, 7) is 2.04. The van der Waals surface area contributed by atoms with Gasteiger partial charge in [0.2, 0.25) is 0 Å². The maximum absolute atomic E-state index is 12.8. The molecule has 0 aliphatic carbocycles. The summed E-state index contributed by atoms with van der Waals surface area (Å²) in [5.41, 5.74) is 3.58. The summed E-state index contributed by atoms with van der Waals surface area (Å²) in [6.07, 6.45) is 0. The minimum absolute atomic E-state index is 0.240. The van der Waals surface area contributed by atoms with E-state index in [0.717, 1.165) is 11.1 Å². The molecule has 1 amide bonds. The van der Waals surface area contributed by atoms with Crippen LogP contribution >= 0.6 is 23.2 Å². The summed E-state index contributed by atoms with van der Waals surface area (Å²) < 4.78 is 0. The van der Waals surface area contributed by atoms with Crippen molar-refractivity contribution >= 4 is 29.1 Å². The number of halogens is 2. The molecule has 1 atom stereocenters. The van der Waals surface area contributed by atoms with Gasteiger partial charge in [-0.1, -0.05) is 83.4 Å². The van der Waals surface area contributed by atoms with E-state index in [1.165, 1.54) is 5.56 Å². The van der Waals surface area contributed by atoms with E-state index in [9.17, 15) is 4.79 Å². The van der Waals surface area contributed by atoms with Crippen LogP contribution in [0.25, 0.3) is 0 Å². The molecule has 25 heavy (non-hydrogen) atoms. The van der Waals surface area contributed by atoms with Crippen molar-refractivity contribution in [1.82, 2.24) is 5.32 Å². The average molecular weight is 370 g/mol. The molecule has 0 bridgehead atoms. The van der Waals surface area contributed by atoms with Gasteiger partial charge in [0.1, 0.15) is 0 Å². The standard InChI is InChI=1S/C21H17Cl2NO/c1-14-7-9-16(10-8-14)20(15-5-3-2-4-6-15)24-21(25)18-12-11-17(22)13-19(18)23/h2-13,20H,1H3,(H,24,25)/t20-/m0/s1. The van der Waals surface area contributed by atoms with E-state index in [0.29, 0.717) is 15.6 Å². The van der Waals surface area contributed by atoms with Crippen molar-refractivity contribution in [2.75, 3.05) is 0 Å². The molecule has 0 fully saturated rings. The van der Waals surface area contributed by atoms with Crippen LogP contribution in [0.15, 0.2) is 72.8 Å². The minimum Gasteiger partial charge on any atom is -0.341 e. The van der Waals surface area contributed by atoms with Crippen molar-refractivity contribution in [3.63, 3.8) is 0 Å². The second kappa shape index (κ2) is 7.73. The largest absolute Gasteiger partial charge is 0.341 e. The molecule has 4 heteroatoms. The van der Waals surface area contributed by atoms with Crippen LogP contribution in [0.3, 0.4) is 0 Å². The van der Waals surface area contributed by atoms with Crippen LogP contribution in [0.5, 0.6) is 0 Å². The molecule has 0 radical (unpaired) electrons.